The molecular weight excluding hydrogens is 162 g/mol. The molecule has 0 spiro atoms. The van der Waals surface area contributed by atoms with Gasteiger partial charge in [-0.05, 0) is 11.8 Å². The van der Waals surface area contributed by atoms with E-state index in [4.69, 9.17) is 4.84 Å². The van der Waals surface area contributed by atoms with Crippen molar-refractivity contribution in [2.75, 3.05) is 13.2 Å². The molecule has 0 rings (SSSR count). The molecule has 0 aromatic heterocycles. The second-order valence-electron chi connectivity index (χ2n) is 3.45. The Balaban J connectivity index is 0. The van der Waals surface area contributed by atoms with E-state index in [1.165, 1.54) is 0 Å². The summed E-state index contributed by atoms with van der Waals surface area (Å²) in [7, 11) is 0. The van der Waals surface area contributed by atoms with Gasteiger partial charge in [-0.25, -0.2) is 5.48 Å². The Hall–Kier alpha value is 0.210. The van der Waals surface area contributed by atoms with Crippen LogP contribution in [0.3, 0.4) is 0 Å². The quantitative estimate of drug-likeness (QED) is 0.519. The summed E-state index contributed by atoms with van der Waals surface area (Å²) in [5.41, 5.74) is 2.92. The largest absolute Gasteiger partial charge is 0.302 e. The van der Waals surface area contributed by atoms with Gasteiger partial charge in [0, 0.05) is 6.54 Å². The molecular formula is C8H20ClNO. The Bertz CT molecular complexity index is 66.5. The van der Waals surface area contributed by atoms with E-state index in [-0.39, 0.29) is 12.4 Å². The molecule has 70 valence electrons. The monoisotopic (exact) mass is 181 g/mol. The molecule has 0 aliphatic carbocycles. The Morgan fingerprint density at radius 3 is 2.00 bits per heavy atom. The van der Waals surface area contributed by atoms with Crippen LogP contribution in [0.4, 0.5) is 0 Å². The number of hydrogen-bond acceptors (Lipinski definition) is 2. The van der Waals surface area contributed by atoms with E-state index in [0.29, 0.717) is 11.8 Å². The van der Waals surface area contributed by atoms with Gasteiger partial charge in [0.15, 0.2) is 0 Å². The average molecular weight is 182 g/mol. The molecule has 0 amide bonds. The average Bonchev–Trinajstić information content (AvgIpc) is 1.79. The normalized spacial score (nSPS) is 10.4. The van der Waals surface area contributed by atoms with Crippen molar-refractivity contribution in [3.05, 3.63) is 0 Å². The predicted molar refractivity (Wildman–Crippen MR) is 50.9 cm³/mol. The van der Waals surface area contributed by atoms with E-state index in [1.54, 1.807) is 0 Å². The lowest BCUT2D eigenvalue weighted by atomic mass is 10.2. The van der Waals surface area contributed by atoms with Crippen LogP contribution in [0.25, 0.3) is 0 Å². The zero-order chi connectivity index (χ0) is 7.98. The van der Waals surface area contributed by atoms with Gasteiger partial charge in [0.25, 0.3) is 0 Å². The van der Waals surface area contributed by atoms with Crippen LogP contribution in [0, 0.1) is 11.8 Å². The third-order valence-electron chi connectivity index (χ3n) is 1.01. The molecule has 2 nitrogen and oxygen atoms in total. The Kier molecular flexibility index (Phi) is 10.4. The summed E-state index contributed by atoms with van der Waals surface area (Å²) >= 11 is 0. The van der Waals surface area contributed by atoms with Crippen LogP contribution in [-0.4, -0.2) is 13.2 Å². The number of halogens is 1. The van der Waals surface area contributed by atoms with Crippen LogP contribution >= 0.6 is 12.4 Å². The zero-order valence-electron chi connectivity index (χ0n) is 7.89. The van der Waals surface area contributed by atoms with Crippen molar-refractivity contribution in [2.24, 2.45) is 11.8 Å². The van der Waals surface area contributed by atoms with Crippen LogP contribution in [-0.2, 0) is 4.84 Å². The first-order valence-electron chi connectivity index (χ1n) is 3.97. The summed E-state index contributed by atoms with van der Waals surface area (Å²) in [6.07, 6.45) is 0. The third-order valence-corrected chi connectivity index (χ3v) is 1.01. The summed E-state index contributed by atoms with van der Waals surface area (Å²) in [5.74, 6) is 1.27. The van der Waals surface area contributed by atoms with Gasteiger partial charge in [-0.2, -0.15) is 0 Å². The van der Waals surface area contributed by atoms with Gasteiger partial charge in [-0.1, -0.05) is 27.7 Å². The molecule has 1 N–H and O–H groups in total. The van der Waals surface area contributed by atoms with E-state index in [2.05, 4.69) is 33.2 Å². The topological polar surface area (TPSA) is 21.3 Å². The summed E-state index contributed by atoms with van der Waals surface area (Å²) in [6.45, 7) is 10.3. The van der Waals surface area contributed by atoms with Gasteiger partial charge >= 0.3 is 0 Å². The van der Waals surface area contributed by atoms with Crippen molar-refractivity contribution in [1.82, 2.24) is 5.48 Å². The molecule has 0 bridgehead atoms. The maximum Gasteiger partial charge on any atom is 0.0705 e. The molecule has 11 heavy (non-hydrogen) atoms. The summed E-state index contributed by atoms with van der Waals surface area (Å²) < 4.78 is 0. The number of hydroxylamine groups is 1. The second-order valence-corrected chi connectivity index (χ2v) is 3.45. The molecule has 0 radical (unpaired) electrons. The van der Waals surface area contributed by atoms with Crippen molar-refractivity contribution in [3.63, 3.8) is 0 Å². The molecule has 0 fully saturated rings. The first-order valence-corrected chi connectivity index (χ1v) is 3.97. The number of nitrogens with one attached hydrogen (secondary N) is 1. The summed E-state index contributed by atoms with van der Waals surface area (Å²) in [6, 6.07) is 0. The smallest absolute Gasteiger partial charge is 0.0705 e. The standard InChI is InChI=1S/C8H19NO.ClH/c1-7(2)5-9-10-6-8(3)4;/h7-9H,5-6H2,1-4H3;1H. The Labute approximate surface area is 76.1 Å². The maximum atomic E-state index is 5.16. The van der Waals surface area contributed by atoms with Gasteiger partial charge in [0.2, 0.25) is 0 Å². The van der Waals surface area contributed by atoms with E-state index < -0.39 is 0 Å². The highest BCUT2D eigenvalue weighted by molar-refractivity contribution is 5.85. The van der Waals surface area contributed by atoms with E-state index in [9.17, 15) is 0 Å². The SMILES string of the molecule is CC(C)CNOCC(C)C.Cl. The van der Waals surface area contributed by atoms with E-state index in [1.807, 2.05) is 0 Å². The fraction of sp³-hybridized carbons (Fsp3) is 1.00. The molecule has 3 heteroatoms. The van der Waals surface area contributed by atoms with E-state index in [0.717, 1.165) is 13.2 Å². The molecule has 0 saturated carbocycles. The zero-order valence-corrected chi connectivity index (χ0v) is 8.70. The molecule has 0 unspecified atom stereocenters. The molecule has 0 heterocycles. The fourth-order valence-corrected chi connectivity index (χ4v) is 0.451. The molecule has 0 aliphatic heterocycles. The summed E-state index contributed by atoms with van der Waals surface area (Å²) in [5, 5.41) is 0. The Morgan fingerprint density at radius 2 is 1.64 bits per heavy atom. The molecule has 0 saturated heterocycles. The first-order chi connectivity index (χ1) is 4.63. The first kappa shape index (κ1) is 13.8. The van der Waals surface area contributed by atoms with Crippen molar-refractivity contribution in [3.8, 4) is 0 Å². The number of hydrogen-bond donors (Lipinski definition) is 1. The lowest BCUT2D eigenvalue weighted by molar-refractivity contribution is 0.0184. The minimum Gasteiger partial charge on any atom is -0.302 e. The van der Waals surface area contributed by atoms with Crippen molar-refractivity contribution in [2.45, 2.75) is 27.7 Å². The summed E-state index contributed by atoms with van der Waals surface area (Å²) in [4.78, 5) is 5.16. The van der Waals surface area contributed by atoms with Crippen LogP contribution < -0.4 is 5.48 Å². The van der Waals surface area contributed by atoms with Gasteiger partial charge in [-0.15, -0.1) is 12.4 Å². The highest BCUT2D eigenvalue weighted by Gasteiger charge is 1.94. The van der Waals surface area contributed by atoms with Crippen LogP contribution in [0.15, 0.2) is 0 Å². The molecule has 0 aliphatic rings. The predicted octanol–water partition coefficient (Wildman–Crippen LogP) is 2.24. The second kappa shape index (κ2) is 8.31. The van der Waals surface area contributed by atoms with Gasteiger partial charge in [-0.3, -0.25) is 0 Å². The van der Waals surface area contributed by atoms with Crippen LogP contribution in [0.1, 0.15) is 27.7 Å². The Morgan fingerprint density at radius 1 is 1.09 bits per heavy atom. The number of rotatable bonds is 5. The lowest BCUT2D eigenvalue weighted by Gasteiger charge is -2.09. The fourth-order valence-electron chi connectivity index (χ4n) is 0.451. The highest BCUT2D eigenvalue weighted by Crippen LogP contribution is 1.91. The molecule has 0 aromatic rings. The van der Waals surface area contributed by atoms with Crippen molar-refractivity contribution >= 4 is 12.4 Å². The van der Waals surface area contributed by atoms with Crippen LogP contribution in [0.2, 0.25) is 0 Å². The van der Waals surface area contributed by atoms with Crippen molar-refractivity contribution in [1.29, 1.82) is 0 Å². The lowest BCUT2D eigenvalue weighted by Crippen LogP contribution is -2.22. The van der Waals surface area contributed by atoms with E-state index >= 15 is 0 Å². The van der Waals surface area contributed by atoms with Gasteiger partial charge in [0.05, 0.1) is 6.61 Å². The molecule has 0 atom stereocenters. The minimum absolute atomic E-state index is 0. The van der Waals surface area contributed by atoms with Gasteiger partial charge in [0.1, 0.15) is 0 Å². The maximum absolute atomic E-state index is 5.16. The minimum atomic E-state index is 0. The van der Waals surface area contributed by atoms with Gasteiger partial charge < -0.3 is 4.84 Å². The third kappa shape index (κ3) is 13.2. The highest BCUT2D eigenvalue weighted by atomic mass is 35.5. The van der Waals surface area contributed by atoms with Crippen molar-refractivity contribution < 1.29 is 4.84 Å². The molecule has 0 aromatic carbocycles. The van der Waals surface area contributed by atoms with Crippen LogP contribution in [0.5, 0.6) is 0 Å².